The topological polar surface area (TPSA) is 79.4 Å². The Hall–Kier alpha value is -2.77. The van der Waals surface area contributed by atoms with Gasteiger partial charge in [0, 0.05) is 18.5 Å². The number of hydrogen-bond acceptors (Lipinski definition) is 4. The van der Waals surface area contributed by atoms with Crippen molar-refractivity contribution in [2.24, 2.45) is 0 Å². The molecule has 1 atom stereocenters. The molecule has 0 bridgehead atoms. The van der Waals surface area contributed by atoms with Crippen molar-refractivity contribution in [1.29, 1.82) is 0 Å². The summed E-state index contributed by atoms with van der Waals surface area (Å²) in [5.74, 6) is -0.210. The number of sulfonamides is 1. The Morgan fingerprint density at radius 3 is 2.33 bits per heavy atom. The molecule has 0 fully saturated rings. The highest BCUT2D eigenvalue weighted by atomic mass is 32.2. The van der Waals surface area contributed by atoms with Crippen molar-refractivity contribution >= 4 is 26.8 Å². The van der Waals surface area contributed by atoms with Crippen molar-refractivity contribution in [2.75, 3.05) is 13.1 Å². The molecule has 3 aromatic rings. The molecule has 1 unspecified atom stereocenters. The SMILES string of the molecule is CCN(CC)S(=O)(=O)c1ccc(C(C)NC(=O)c2cc3ccccc3nc2C)cc1. The lowest BCUT2D eigenvalue weighted by Gasteiger charge is -2.19. The number of nitrogens with zero attached hydrogens (tertiary/aromatic N) is 2. The molecule has 0 aliphatic carbocycles. The summed E-state index contributed by atoms with van der Waals surface area (Å²) in [6, 6.07) is 15.9. The van der Waals surface area contributed by atoms with Crippen LogP contribution in [0.2, 0.25) is 0 Å². The normalized spacial score (nSPS) is 12.8. The smallest absolute Gasteiger partial charge is 0.253 e. The Labute approximate surface area is 178 Å². The first-order valence-corrected chi connectivity index (χ1v) is 11.5. The van der Waals surface area contributed by atoms with E-state index in [-0.39, 0.29) is 16.8 Å². The van der Waals surface area contributed by atoms with Crippen LogP contribution in [0.5, 0.6) is 0 Å². The monoisotopic (exact) mass is 425 g/mol. The van der Waals surface area contributed by atoms with Crippen molar-refractivity contribution in [2.45, 2.75) is 38.6 Å². The zero-order valence-electron chi connectivity index (χ0n) is 17.7. The van der Waals surface area contributed by atoms with E-state index in [1.165, 1.54) is 4.31 Å². The minimum absolute atomic E-state index is 0.210. The first kappa shape index (κ1) is 21.9. The van der Waals surface area contributed by atoms with E-state index in [2.05, 4.69) is 10.3 Å². The number of carbonyl (C=O) groups is 1. The Kier molecular flexibility index (Phi) is 6.53. The van der Waals surface area contributed by atoms with E-state index in [1.54, 1.807) is 24.3 Å². The second-order valence-corrected chi connectivity index (χ2v) is 9.11. The highest BCUT2D eigenvalue weighted by molar-refractivity contribution is 7.89. The number of rotatable bonds is 7. The fourth-order valence-electron chi connectivity index (χ4n) is 3.44. The molecule has 6 nitrogen and oxygen atoms in total. The molecule has 0 radical (unpaired) electrons. The molecule has 158 valence electrons. The van der Waals surface area contributed by atoms with E-state index in [0.29, 0.717) is 24.3 Å². The molecule has 7 heteroatoms. The first-order valence-electron chi connectivity index (χ1n) is 10.0. The molecule has 0 aliphatic heterocycles. The molecule has 0 saturated heterocycles. The van der Waals surface area contributed by atoms with Gasteiger partial charge in [0.2, 0.25) is 10.0 Å². The van der Waals surface area contributed by atoms with E-state index in [4.69, 9.17) is 0 Å². The Morgan fingerprint density at radius 1 is 1.07 bits per heavy atom. The third kappa shape index (κ3) is 4.37. The standard InChI is InChI=1S/C23H27N3O3S/c1-5-26(6-2)30(28,29)20-13-11-18(12-14-20)16(3)25-23(27)21-15-19-9-7-8-10-22(19)24-17(21)4/h7-16H,5-6H2,1-4H3,(H,25,27). The molecule has 1 N–H and O–H groups in total. The van der Waals surface area contributed by atoms with Gasteiger partial charge in [-0.2, -0.15) is 4.31 Å². The highest BCUT2D eigenvalue weighted by Crippen LogP contribution is 2.21. The second-order valence-electron chi connectivity index (χ2n) is 7.17. The molecule has 3 rings (SSSR count). The maximum absolute atomic E-state index is 12.8. The molecule has 0 spiro atoms. The van der Waals surface area contributed by atoms with E-state index >= 15 is 0 Å². The first-order chi connectivity index (χ1) is 14.3. The van der Waals surface area contributed by atoms with Crippen LogP contribution in [-0.2, 0) is 10.0 Å². The van der Waals surface area contributed by atoms with Crippen molar-refractivity contribution in [1.82, 2.24) is 14.6 Å². The van der Waals surface area contributed by atoms with Crippen LogP contribution in [0.3, 0.4) is 0 Å². The summed E-state index contributed by atoms with van der Waals surface area (Å²) in [6.45, 7) is 8.17. The lowest BCUT2D eigenvalue weighted by atomic mass is 10.1. The number of fused-ring (bicyclic) bond motifs is 1. The van der Waals surface area contributed by atoms with Crippen LogP contribution in [0.15, 0.2) is 59.5 Å². The predicted molar refractivity (Wildman–Crippen MR) is 119 cm³/mol. The molecule has 30 heavy (non-hydrogen) atoms. The lowest BCUT2D eigenvalue weighted by molar-refractivity contribution is 0.0939. The van der Waals surface area contributed by atoms with Crippen molar-refractivity contribution in [3.63, 3.8) is 0 Å². The van der Waals surface area contributed by atoms with Gasteiger partial charge in [-0.3, -0.25) is 9.78 Å². The minimum Gasteiger partial charge on any atom is -0.345 e. The number of pyridine rings is 1. The summed E-state index contributed by atoms with van der Waals surface area (Å²) >= 11 is 0. The van der Waals surface area contributed by atoms with Gasteiger partial charge in [0.05, 0.1) is 27.7 Å². The minimum atomic E-state index is -3.50. The van der Waals surface area contributed by atoms with Crippen LogP contribution in [0.25, 0.3) is 10.9 Å². The average Bonchev–Trinajstić information content (AvgIpc) is 2.73. The zero-order valence-corrected chi connectivity index (χ0v) is 18.5. The molecular weight excluding hydrogens is 398 g/mol. The van der Waals surface area contributed by atoms with E-state index in [0.717, 1.165) is 16.5 Å². The highest BCUT2D eigenvalue weighted by Gasteiger charge is 2.22. The fourth-order valence-corrected chi connectivity index (χ4v) is 4.90. The van der Waals surface area contributed by atoms with Crippen molar-refractivity contribution in [3.05, 3.63) is 71.4 Å². The van der Waals surface area contributed by atoms with Crippen LogP contribution in [0, 0.1) is 6.92 Å². The quantitative estimate of drug-likeness (QED) is 0.619. The summed E-state index contributed by atoms with van der Waals surface area (Å²) in [6.07, 6.45) is 0. The van der Waals surface area contributed by atoms with E-state index in [1.807, 2.05) is 58.0 Å². The van der Waals surface area contributed by atoms with Gasteiger partial charge in [0.15, 0.2) is 0 Å². The lowest BCUT2D eigenvalue weighted by Crippen LogP contribution is -2.30. The number of amides is 1. The third-order valence-electron chi connectivity index (χ3n) is 5.23. The Bertz CT molecular complexity index is 1150. The van der Waals surface area contributed by atoms with Crippen LogP contribution < -0.4 is 5.32 Å². The van der Waals surface area contributed by atoms with Gasteiger partial charge in [-0.25, -0.2) is 8.42 Å². The molecule has 1 amide bonds. The molecular formula is C23H27N3O3S. The third-order valence-corrected chi connectivity index (χ3v) is 7.29. The maximum Gasteiger partial charge on any atom is 0.253 e. The van der Waals surface area contributed by atoms with Gasteiger partial charge in [0.1, 0.15) is 0 Å². The van der Waals surface area contributed by atoms with Crippen molar-refractivity contribution in [3.8, 4) is 0 Å². The number of carbonyl (C=O) groups excluding carboxylic acids is 1. The summed E-state index contributed by atoms with van der Waals surface area (Å²) in [7, 11) is -3.50. The average molecular weight is 426 g/mol. The van der Waals surface area contributed by atoms with Gasteiger partial charge < -0.3 is 5.32 Å². The number of aromatic nitrogens is 1. The summed E-state index contributed by atoms with van der Waals surface area (Å²) in [5.41, 5.74) is 2.87. The molecule has 1 aromatic heterocycles. The van der Waals surface area contributed by atoms with Gasteiger partial charge in [0.25, 0.3) is 5.91 Å². The van der Waals surface area contributed by atoms with Gasteiger partial charge in [-0.05, 0) is 43.7 Å². The number of nitrogens with one attached hydrogen (secondary N) is 1. The number of benzene rings is 2. The van der Waals surface area contributed by atoms with Crippen LogP contribution in [0.1, 0.15) is 48.4 Å². The van der Waals surface area contributed by atoms with E-state index in [9.17, 15) is 13.2 Å². The summed E-state index contributed by atoms with van der Waals surface area (Å²) in [4.78, 5) is 17.6. The van der Waals surface area contributed by atoms with E-state index < -0.39 is 10.0 Å². The number of hydrogen-bond donors (Lipinski definition) is 1. The van der Waals surface area contributed by atoms with Crippen LogP contribution in [0.4, 0.5) is 0 Å². The van der Waals surface area contributed by atoms with Crippen LogP contribution >= 0.6 is 0 Å². The number of aryl methyl sites for hydroxylation is 1. The molecule has 2 aromatic carbocycles. The molecule has 1 heterocycles. The largest absolute Gasteiger partial charge is 0.345 e. The molecule has 0 saturated carbocycles. The summed E-state index contributed by atoms with van der Waals surface area (Å²) in [5, 5.41) is 3.89. The van der Waals surface area contributed by atoms with Crippen LogP contribution in [-0.4, -0.2) is 36.7 Å². The number of para-hydroxylation sites is 1. The van der Waals surface area contributed by atoms with Gasteiger partial charge in [-0.15, -0.1) is 0 Å². The van der Waals surface area contributed by atoms with Gasteiger partial charge >= 0.3 is 0 Å². The fraction of sp³-hybridized carbons (Fsp3) is 0.304. The second kappa shape index (κ2) is 8.93. The molecule has 0 aliphatic rings. The summed E-state index contributed by atoms with van der Waals surface area (Å²) < 4.78 is 26.7. The van der Waals surface area contributed by atoms with Gasteiger partial charge in [-0.1, -0.05) is 44.2 Å². The zero-order chi connectivity index (χ0) is 21.9. The predicted octanol–water partition coefficient (Wildman–Crippen LogP) is 4.06. The Balaban J connectivity index is 1.78. The Morgan fingerprint density at radius 2 is 1.70 bits per heavy atom. The maximum atomic E-state index is 12.8. The van der Waals surface area contributed by atoms with Crippen molar-refractivity contribution < 1.29 is 13.2 Å².